The van der Waals surface area contributed by atoms with Crippen molar-refractivity contribution in [3.63, 3.8) is 0 Å². The average Bonchev–Trinajstić information content (AvgIpc) is 2.25. The first-order chi connectivity index (χ1) is 8.78. The van der Waals surface area contributed by atoms with Gasteiger partial charge in [0.1, 0.15) is 5.60 Å². The standard InChI is InChI=1S/C15H32N2O2/c1-6-8-15(9-7-2,10-11-16)12-17-13(18)19-14(3,4)5/h6-12,16H2,1-5H3,(H,17,18). The molecule has 0 heterocycles. The highest BCUT2D eigenvalue weighted by atomic mass is 16.6. The van der Waals surface area contributed by atoms with Crippen LogP contribution in [-0.4, -0.2) is 24.8 Å². The molecule has 19 heavy (non-hydrogen) atoms. The Kier molecular flexibility index (Phi) is 8.07. The zero-order valence-corrected chi connectivity index (χ0v) is 13.3. The molecule has 0 aliphatic carbocycles. The summed E-state index contributed by atoms with van der Waals surface area (Å²) in [7, 11) is 0. The van der Waals surface area contributed by atoms with E-state index in [1.54, 1.807) is 0 Å². The number of alkyl carbamates (subject to hydrolysis) is 1. The molecule has 0 saturated heterocycles. The second-order valence-corrected chi connectivity index (χ2v) is 6.39. The molecule has 0 fully saturated rings. The van der Waals surface area contributed by atoms with Crippen LogP contribution in [0.4, 0.5) is 4.79 Å². The summed E-state index contributed by atoms with van der Waals surface area (Å²) < 4.78 is 5.29. The van der Waals surface area contributed by atoms with Crippen LogP contribution in [0.25, 0.3) is 0 Å². The Hall–Kier alpha value is -0.770. The predicted octanol–water partition coefficient (Wildman–Crippen LogP) is 3.45. The van der Waals surface area contributed by atoms with E-state index in [1.165, 1.54) is 0 Å². The van der Waals surface area contributed by atoms with Gasteiger partial charge in [-0.15, -0.1) is 0 Å². The minimum absolute atomic E-state index is 0.120. The highest BCUT2D eigenvalue weighted by molar-refractivity contribution is 5.67. The van der Waals surface area contributed by atoms with E-state index in [0.717, 1.165) is 32.1 Å². The molecule has 1 amide bonds. The molecule has 0 radical (unpaired) electrons. The van der Waals surface area contributed by atoms with Gasteiger partial charge in [-0.1, -0.05) is 26.7 Å². The molecule has 0 aromatic carbocycles. The van der Waals surface area contributed by atoms with E-state index >= 15 is 0 Å². The fourth-order valence-electron chi connectivity index (χ4n) is 2.58. The lowest BCUT2D eigenvalue weighted by Gasteiger charge is -2.34. The maximum absolute atomic E-state index is 11.8. The van der Waals surface area contributed by atoms with Crippen molar-refractivity contribution in [1.29, 1.82) is 0 Å². The number of rotatable bonds is 8. The van der Waals surface area contributed by atoms with Gasteiger partial charge in [0.25, 0.3) is 0 Å². The van der Waals surface area contributed by atoms with Gasteiger partial charge in [0.2, 0.25) is 0 Å². The van der Waals surface area contributed by atoms with Crippen molar-refractivity contribution in [3.8, 4) is 0 Å². The molecule has 0 aliphatic heterocycles. The first-order valence-corrected chi connectivity index (χ1v) is 7.45. The number of ether oxygens (including phenoxy) is 1. The van der Waals surface area contributed by atoms with E-state index in [0.29, 0.717) is 13.1 Å². The lowest BCUT2D eigenvalue weighted by atomic mass is 9.76. The van der Waals surface area contributed by atoms with Crippen LogP contribution < -0.4 is 11.1 Å². The summed E-state index contributed by atoms with van der Waals surface area (Å²) >= 11 is 0. The molecule has 0 aliphatic rings. The lowest BCUT2D eigenvalue weighted by molar-refractivity contribution is 0.0488. The Balaban J connectivity index is 4.50. The van der Waals surface area contributed by atoms with Crippen LogP contribution in [0.15, 0.2) is 0 Å². The maximum atomic E-state index is 11.8. The third-order valence-corrected chi connectivity index (χ3v) is 3.24. The van der Waals surface area contributed by atoms with Gasteiger partial charge in [0.05, 0.1) is 0 Å². The van der Waals surface area contributed by atoms with E-state index < -0.39 is 5.60 Å². The zero-order chi connectivity index (χ0) is 14.9. The third kappa shape index (κ3) is 8.09. The normalized spacial score (nSPS) is 12.3. The van der Waals surface area contributed by atoms with E-state index in [2.05, 4.69) is 19.2 Å². The Morgan fingerprint density at radius 1 is 1.11 bits per heavy atom. The summed E-state index contributed by atoms with van der Waals surface area (Å²) in [5, 5.41) is 2.92. The summed E-state index contributed by atoms with van der Waals surface area (Å²) in [4.78, 5) is 11.8. The Labute approximate surface area is 118 Å². The molecule has 0 rings (SSSR count). The van der Waals surface area contributed by atoms with Crippen LogP contribution in [0.1, 0.15) is 66.7 Å². The molecule has 4 heteroatoms. The van der Waals surface area contributed by atoms with E-state index in [9.17, 15) is 4.79 Å². The van der Waals surface area contributed by atoms with E-state index in [1.807, 2.05) is 20.8 Å². The minimum atomic E-state index is -0.448. The predicted molar refractivity (Wildman–Crippen MR) is 80.2 cm³/mol. The highest BCUT2D eigenvalue weighted by Gasteiger charge is 2.29. The summed E-state index contributed by atoms with van der Waals surface area (Å²) in [6.45, 7) is 11.3. The van der Waals surface area contributed by atoms with Gasteiger partial charge in [0, 0.05) is 6.54 Å². The van der Waals surface area contributed by atoms with Crippen LogP contribution in [0, 0.1) is 5.41 Å². The van der Waals surface area contributed by atoms with Crippen LogP contribution in [-0.2, 0) is 4.74 Å². The first-order valence-electron chi connectivity index (χ1n) is 7.45. The molecule has 0 aromatic heterocycles. The molecule has 0 atom stereocenters. The second-order valence-electron chi connectivity index (χ2n) is 6.39. The minimum Gasteiger partial charge on any atom is -0.444 e. The van der Waals surface area contributed by atoms with Crippen molar-refractivity contribution in [2.24, 2.45) is 11.1 Å². The van der Waals surface area contributed by atoms with Crippen LogP contribution >= 0.6 is 0 Å². The topological polar surface area (TPSA) is 64.3 Å². The summed E-state index contributed by atoms with van der Waals surface area (Å²) in [6.07, 6.45) is 5.01. The summed E-state index contributed by atoms with van der Waals surface area (Å²) in [6, 6.07) is 0. The van der Waals surface area contributed by atoms with Crippen molar-refractivity contribution < 1.29 is 9.53 Å². The van der Waals surface area contributed by atoms with Gasteiger partial charge in [-0.3, -0.25) is 0 Å². The first kappa shape index (κ1) is 18.2. The van der Waals surface area contributed by atoms with Crippen molar-refractivity contribution in [3.05, 3.63) is 0 Å². The molecular formula is C15H32N2O2. The molecular weight excluding hydrogens is 240 g/mol. The fraction of sp³-hybridized carbons (Fsp3) is 0.933. The SMILES string of the molecule is CCCC(CCC)(CCN)CNC(=O)OC(C)(C)C. The number of carbonyl (C=O) groups excluding carboxylic acids is 1. The number of amides is 1. The van der Waals surface area contributed by atoms with Crippen LogP contribution in [0.2, 0.25) is 0 Å². The van der Waals surface area contributed by atoms with Crippen LogP contribution in [0.5, 0.6) is 0 Å². The van der Waals surface area contributed by atoms with E-state index in [-0.39, 0.29) is 11.5 Å². The Morgan fingerprint density at radius 3 is 2.00 bits per heavy atom. The molecule has 0 spiro atoms. The van der Waals surface area contributed by atoms with Crippen molar-refractivity contribution >= 4 is 6.09 Å². The van der Waals surface area contributed by atoms with Gasteiger partial charge in [-0.25, -0.2) is 4.79 Å². The van der Waals surface area contributed by atoms with Gasteiger partial charge < -0.3 is 15.8 Å². The largest absolute Gasteiger partial charge is 0.444 e. The maximum Gasteiger partial charge on any atom is 0.407 e. The fourth-order valence-corrected chi connectivity index (χ4v) is 2.58. The van der Waals surface area contributed by atoms with Gasteiger partial charge in [0.15, 0.2) is 0 Å². The number of hydrogen-bond donors (Lipinski definition) is 2. The molecule has 0 unspecified atom stereocenters. The van der Waals surface area contributed by atoms with Gasteiger partial charge in [-0.05, 0) is 52.0 Å². The van der Waals surface area contributed by atoms with Crippen molar-refractivity contribution in [2.75, 3.05) is 13.1 Å². The molecule has 114 valence electrons. The van der Waals surface area contributed by atoms with E-state index in [4.69, 9.17) is 10.5 Å². The summed E-state index contributed by atoms with van der Waals surface area (Å²) in [5.41, 5.74) is 5.41. The molecule has 4 nitrogen and oxygen atoms in total. The van der Waals surface area contributed by atoms with Crippen LogP contribution in [0.3, 0.4) is 0 Å². The number of nitrogens with one attached hydrogen (secondary N) is 1. The number of carbonyl (C=O) groups is 1. The third-order valence-electron chi connectivity index (χ3n) is 3.24. The number of hydrogen-bond acceptors (Lipinski definition) is 3. The quantitative estimate of drug-likeness (QED) is 0.711. The molecule has 0 aromatic rings. The highest BCUT2D eigenvalue weighted by Crippen LogP contribution is 2.32. The second kappa shape index (κ2) is 8.41. The average molecular weight is 272 g/mol. The lowest BCUT2D eigenvalue weighted by Crippen LogP contribution is -2.41. The van der Waals surface area contributed by atoms with Gasteiger partial charge in [-0.2, -0.15) is 0 Å². The molecule has 0 bridgehead atoms. The number of nitrogens with two attached hydrogens (primary N) is 1. The summed E-state index contributed by atoms with van der Waals surface area (Å²) in [5.74, 6) is 0. The monoisotopic (exact) mass is 272 g/mol. The molecule has 0 saturated carbocycles. The van der Waals surface area contributed by atoms with Gasteiger partial charge >= 0.3 is 6.09 Å². The Bertz CT molecular complexity index is 242. The van der Waals surface area contributed by atoms with Crippen molar-refractivity contribution in [1.82, 2.24) is 5.32 Å². The smallest absolute Gasteiger partial charge is 0.407 e. The van der Waals surface area contributed by atoms with Crippen molar-refractivity contribution in [2.45, 2.75) is 72.3 Å². The molecule has 3 N–H and O–H groups in total. The zero-order valence-electron chi connectivity index (χ0n) is 13.3. The Morgan fingerprint density at radius 2 is 1.63 bits per heavy atom.